The molecule has 1 aliphatic carbocycles. The van der Waals surface area contributed by atoms with Crippen molar-refractivity contribution in [1.82, 2.24) is 24.9 Å². The number of nitrogens with zero attached hydrogens (tertiary/aromatic N) is 4. The SMILES string of the molecule is C[C@H](NS(=O)(=O)c1ccc(-c2sc(-c3nnc(CC(C)(C)OC=O)o3)nc2CC2CCC2)c2ccncc12)C(F)(F)F. The van der Waals surface area contributed by atoms with Crippen molar-refractivity contribution in [1.29, 1.82) is 0 Å². The molecule has 3 heterocycles. The highest BCUT2D eigenvalue weighted by Crippen LogP contribution is 2.42. The molecule has 0 radical (unpaired) electrons. The third-order valence-corrected chi connectivity index (χ3v) is 9.85. The van der Waals surface area contributed by atoms with Crippen molar-refractivity contribution in [3.8, 4) is 21.3 Å². The van der Waals surface area contributed by atoms with Gasteiger partial charge in [0.15, 0.2) is 5.01 Å². The summed E-state index contributed by atoms with van der Waals surface area (Å²) in [6, 6.07) is 2.22. The number of nitrogens with one attached hydrogen (secondary N) is 1. The zero-order valence-corrected chi connectivity index (χ0v) is 24.6. The van der Waals surface area contributed by atoms with Crippen LogP contribution in [0.15, 0.2) is 39.9 Å². The molecule has 0 amide bonds. The summed E-state index contributed by atoms with van der Waals surface area (Å²) in [5.41, 5.74) is 0.590. The van der Waals surface area contributed by atoms with E-state index < -0.39 is 27.8 Å². The molecule has 0 saturated heterocycles. The van der Waals surface area contributed by atoms with E-state index in [0.717, 1.165) is 36.8 Å². The lowest BCUT2D eigenvalue weighted by Gasteiger charge is -2.24. The van der Waals surface area contributed by atoms with Crippen molar-refractivity contribution in [2.24, 2.45) is 5.92 Å². The molecule has 0 bridgehead atoms. The van der Waals surface area contributed by atoms with Crippen LogP contribution in [0.25, 0.3) is 32.1 Å². The molecule has 1 N–H and O–H groups in total. The molecule has 3 aromatic heterocycles. The first-order valence-corrected chi connectivity index (χ1v) is 15.5. The van der Waals surface area contributed by atoms with Gasteiger partial charge in [-0.25, -0.2) is 13.4 Å². The first-order valence-electron chi connectivity index (χ1n) is 13.2. The summed E-state index contributed by atoms with van der Waals surface area (Å²) >= 11 is 1.30. The maximum atomic E-state index is 13.2. The second-order valence-corrected chi connectivity index (χ2v) is 13.5. The fourth-order valence-electron chi connectivity index (χ4n) is 4.67. The van der Waals surface area contributed by atoms with Gasteiger partial charge in [-0.1, -0.05) is 25.3 Å². The molecule has 10 nitrogen and oxygen atoms in total. The van der Waals surface area contributed by atoms with Crippen molar-refractivity contribution in [3.63, 3.8) is 0 Å². The van der Waals surface area contributed by atoms with Gasteiger partial charge in [-0.2, -0.15) is 17.9 Å². The smallest absolute Gasteiger partial charge is 0.404 e. The number of ether oxygens (including phenoxy) is 1. The molecule has 0 spiro atoms. The lowest BCUT2D eigenvalue weighted by Crippen LogP contribution is -2.43. The molecular formula is C27H28F3N5O5S2. The van der Waals surface area contributed by atoms with Crippen molar-refractivity contribution in [2.75, 3.05) is 0 Å². The standard InChI is InChI=1S/C27H28F3N5O5S2/c1-15(27(28,29)30)35-42(37,38)21-8-7-18(17-9-10-31-13-19(17)21)23-20(11-16-5-4-6-16)32-25(41-23)24-34-33-22(40-24)12-26(2,3)39-14-36/h7-10,13-16,35H,4-6,11-12H2,1-3H3/t15-/m0/s1. The van der Waals surface area contributed by atoms with Crippen LogP contribution in [0.3, 0.4) is 0 Å². The second-order valence-electron chi connectivity index (χ2n) is 10.9. The number of hydrogen-bond donors (Lipinski definition) is 1. The van der Waals surface area contributed by atoms with Gasteiger partial charge in [-0.3, -0.25) is 9.78 Å². The van der Waals surface area contributed by atoms with E-state index in [4.69, 9.17) is 14.1 Å². The number of thiazole rings is 1. The van der Waals surface area contributed by atoms with E-state index in [1.807, 2.05) is 0 Å². The lowest BCUT2D eigenvalue weighted by molar-refractivity contribution is -0.147. The Morgan fingerprint density at radius 2 is 1.95 bits per heavy atom. The Bertz CT molecular complexity index is 1710. The third kappa shape index (κ3) is 6.32. The Hall–Kier alpha value is -3.43. The molecule has 15 heteroatoms. The number of rotatable bonds is 11. The number of sulfonamides is 1. The number of alkyl halides is 3. The molecule has 1 aromatic carbocycles. The highest BCUT2D eigenvalue weighted by atomic mass is 32.2. The number of pyridine rings is 1. The summed E-state index contributed by atoms with van der Waals surface area (Å²) in [6.07, 6.45) is 2.21. The Kier molecular flexibility index (Phi) is 8.11. The third-order valence-electron chi connectivity index (χ3n) is 7.13. The van der Waals surface area contributed by atoms with Gasteiger partial charge in [0.2, 0.25) is 15.9 Å². The zero-order valence-electron chi connectivity index (χ0n) is 22.9. The van der Waals surface area contributed by atoms with Crippen LogP contribution in [0, 0.1) is 5.92 Å². The van der Waals surface area contributed by atoms with Crippen LogP contribution in [0.4, 0.5) is 13.2 Å². The predicted octanol–water partition coefficient (Wildman–Crippen LogP) is 5.47. The van der Waals surface area contributed by atoms with E-state index in [1.165, 1.54) is 29.8 Å². The zero-order chi connectivity index (χ0) is 30.3. The van der Waals surface area contributed by atoms with Crippen molar-refractivity contribution >= 4 is 38.6 Å². The number of hydrogen-bond acceptors (Lipinski definition) is 10. The largest absolute Gasteiger partial charge is 0.461 e. The van der Waals surface area contributed by atoms with Gasteiger partial charge in [0, 0.05) is 23.3 Å². The van der Waals surface area contributed by atoms with E-state index in [2.05, 4.69) is 15.2 Å². The number of halogens is 3. The average molecular weight is 624 g/mol. The van der Waals surface area contributed by atoms with Crippen LogP contribution < -0.4 is 4.72 Å². The maximum absolute atomic E-state index is 13.2. The highest BCUT2D eigenvalue weighted by Gasteiger charge is 2.39. The molecule has 0 aliphatic heterocycles. The van der Waals surface area contributed by atoms with E-state index in [1.54, 1.807) is 30.7 Å². The number of fused-ring (bicyclic) bond motifs is 1. The Morgan fingerprint density at radius 3 is 2.62 bits per heavy atom. The molecule has 1 saturated carbocycles. The number of carbonyl (C=O) groups is 1. The van der Waals surface area contributed by atoms with E-state index in [-0.39, 0.29) is 28.5 Å². The summed E-state index contributed by atoms with van der Waals surface area (Å²) in [7, 11) is -4.53. The number of aromatic nitrogens is 4. The molecular weight excluding hydrogens is 595 g/mol. The molecule has 1 atom stereocenters. The quantitative estimate of drug-likeness (QED) is 0.216. The summed E-state index contributed by atoms with van der Waals surface area (Å²) < 4.78 is 78.2. The predicted molar refractivity (Wildman–Crippen MR) is 148 cm³/mol. The first-order chi connectivity index (χ1) is 19.8. The lowest BCUT2D eigenvalue weighted by atomic mass is 9.81. The number of carbonyl (C=O) groups excluding carboxylic acids is 1. The van der Waals surface area contributed by atoms with Crippen LogP contribution in [-0.2, 0) is 32.4 Å². The fraction of sp³-hybridized carbons (Fsp3) is 0.444. The highest BCUT2D eigenvalue weighted by molar-refractivity contribution is 7.89. The minimum Gasteiger partial charge on any atom is -0.461 e. The Morgan fingerprint density at radius 1 is 1.19 bits per heavy atom. The summed E-state index contributed by atoms with van der Waals surface area (Å²) in [4.78, 5) is 20.1. The molecule has 42 heavy (non-hydrogen) atoms. The Labute approximate surface area is 243 Å². The summed E-state index contributed by atoms with van der Waals surface area (Å²) in [6.45, 7) is 4.54. The van der Waals surface area contributed by atoms with E-state index in [0.29, 0.717) is 34.8 Å². The van der Waals surface area contributed by atoms with Gasteiger partial charge in [-0.15, -0.1) is 21.5 Å². The molecule has 0 unspecified atom stereocenters. The molecule has 4 aromatic rings. The minimum absolute atomic E-state index is 0.180. The van der Waals surface area contributed by atoms with Crippen molar-refractivity contribution < 1.29 is 35.5 Å². The van der Waals surface area contributed by atoms with Crippen LogP contribution in [0.2, 0.25) is 0 Å². The van der Waals surface area contributed by atoms with Crippen molar-refractivity contribution in [3.05, 3.63) is 42.2 Å². The monoisotopic (exact) mass is 623 g/mol. The fourth-order valence-corrected chi connectivity index (χ4v) is 7.15. The van der Waals surface area contributed by atoms with Gasteiger partial charge in [0.1, 0.15) is 11.6 Å². The van der Waals surface area contributed by atoms with Crippen LogP contribution in [-0.4, -0.2) is 52.9 Å². The van der Waals surface area contributed by atoms with Gasteiger partial charge in [0.05, 0.1) is 21.9 Å². The number of benzene rings is 1. The average Bonchev–Trinajstić information content (AvgIpc) is 3.51. The minimum atomic E-state index is -4.75. The van der Waals surface area contributed by atoms with Crippen LogP contribution in [0.5, 0.6) is 0 Å². The van der Waals surface area contributed by atoms with Gasteiger partial charge in [-0.05, 0) is 50.6 Å². The summed E-state index contributed by atoms with van der Waals surface area (Å²) in [5, 5.41) is 9.37. The normalized spacial score (nSPS) is 15.5. The maximum Gasteiger partial charge on any atom is 0.404 e. The van der Waals surface area contributed by atoms with Crippen LogP contribution >= 0.6 is 11.3 Å². The van der Waals surface area contributed by atoms with E-state index >= 15 is 0 Å². The molecule has 5 rings (SSSR count). The van der Waals surface area contributed by atoms with Crippen molar-refractivity contribution in [2.45, 2.75) is 75.6 Å². The second kappa shape index (κ2) is 11.3. The first kappa shape index (κ1) is 30.0. The van der Waals surface area contributed by atoms with Gasteiger partial charge < -0.3 is 9.15 Å². The van der Waals surface area contributed by atoms with Gasteiger partial charge in [0.25, 0.3) is 12.4 Å². The Balaban J connectivity index is 1.56. The van der Waals surface area contributed by atoms with Crippen LogP contribution in [0.1, 0.15) is 51.6 Å². The van der Waals surface area contributed by atoms with E-state index in [9.17, 15) is 26.4 Å². The summed E-state index contributed by atoms with van der Waals surface area (Å²) in [5.74, 6) is 0.896. The molecule has 224 valence electrons. The topological polar surface area (TPSA) is 137 Å². The molecule has 1 fully saturated rings. The van der Waals surface area contributed by atoms with Gasteiger partial charge >= 0.3 is 6.18 Å². The molecule has 1 aliphatic rings.